The van der Waals surface area contributed by atoms with Gasteiger partial charge < -0.3 is 15.8 Å². The standard InChI is InChI=1S/C20H22N4O/c1-25-18-9-7-16(8-10-18)13-17-14-23-20(24-19(17)21)22-12-11-15-5-3-2-4-6-15/h2-10,14H,11-13H2,1H3,(H3,21,22,23,24). The number of methoxy groups -OCH3 is 1. The summed E-state index contributed by atoms with van der Waals surface area (Å²) in [6, 6.07) is 18.2. The number of nitrogens with two attached hydrogens (primary N) is 1. The molecule has 0 fully saturated rings. The van der Waals surface area contributed by atoms with E-state index in [0.717, 1.165) is 29.8 Å². The first-order valence-corrected chi connectivity index (χ1v) is 8.27. The Kier molecular flexibility index (Phi) is 5.46. The highest BCUT2D eigenvalue weighted by molar-refractivity contribution is 5.45. The number of anilines is 2. The highest BCUT2D eigenvalue weighted by Crippen LogP contribution is 2.18. The molecule has 0 amide bonds. The molecule has 3 rings (SSSR count). The third kappa shape index (κ3) is 4.70. The van der Waals surface area contributed by atoms with Gasteiger partial charge in [0.05, 0.1) is 7.11 Å². The minimum absolute atomic E-state index is 0.507. The van der Waals surface area contributed by atoms with E-state index in [9.17, 15) is 0 Å². The maximum absolute atomic E-state index is 6.09. The summed E-state index contributed by atoms with van der Waals surface area (Å²) in [6.07, 6.45) is 3.40. The summed E-state index contributed by atoms with van der Waals surface area (Å²) < 4.78 is 5.17. The van der Waals surface area contributed by atoms with E-state index in [0.29, 0.717) is 18.2 Å². The first kappa shape index (κ1) is 16.8. The molecule has 0 atom stereocenters. The van der Waals surface area contributed by atoms with Crippen molar-refractivity contribution < 1.29 is 4.74 Å². The molecule has 0 aliphatic heterocycles. The Morgan fingerprint density at radius 1 is 1.00 bits per heavy atom. The number of nitrogens with one attached hydrogen (secondary N) is 1. The van der Waals surface area contributed by atoms with E-state index in [4.69, 9.17) is 10.5 Å². The smallest absolute Gasteiger partial charge is 0.224 e. The second kappa shape index (κ2) is 8.15. The van der Waals surface area contributed by atoms with Crippen LogP contribution in [0.1, 0.15) is 16.7 Å². The lowest BCUT2D eigenvalue weighted by Crippen LogP contribution is -2.10. The molecule has 5 nitrogen and oxygen atoms in total. The molecule has 128 valence electrons. The van der Waals surface area contributed by atoms with E-state index in [1.807, 2.05) is 42.5 Å². The van der Waals surface area contributed by atoms with Crippen LogP contribution in [0.4, 0.5) is 11.8 Å². The molecule has 3 aromatic rings. The zero-order valence-corrected chi connectivity index (χ0v) is 14.3. The minimum atomic E-state index is 0.507. The molecule has 5 heteroatoms. The summed E-state index contributed by atoms with van der Waals surface area (Å²) in [5.74, 6) is 1.91. The van der Waals surface area contributed by atoms with Crippen molar-refractivity contribution in [3.63, 3.8) is 0 Å². The van der Waals surface area contributed by atoms with E-state index < -0.39 is 0 Å². The second-order valence-corrected chi connectivity index (χ2v) is 5.79. The first-order chi connectivity index (χ1) is 12.2. The van der Waals surface area contributed by atoms with Crippen LogP contribution < -0.4 is 15.8 Å². The van der Waals surface area contributed by atoms with Gasteiger partial charge in [-0.05, 0) is 29.7 Å². The van der Waals surface area contributed by atoms with Gasteiger partial charge in [-0.25, -0.2) is 4.98 Å². The fourth-order valence-electron chi connectivity index (χ4n) is 2.57. The molecule has 0 bridgehead atoms. The van der Waals surface area contributed by atoms with Crippen molar-refractivity contribution in [2.75, 3.05) is 24.7 Å². The van der Waals surface area contributed by atoms with Crippen LogP contribution in [-0.4, -0.2) is 23.6 Å². The van der Waals surface area contributed by atoms with Crippen molar-refractivity contribution in [1.82, 2.24) is 9.97 Å². The van der Waals surface area contributed by atoms with Gasteiger partial charge in [0.2, 0.25) is 5.95 Å². The number of ether oxygens (including phenoxy) is 1. The third-order valence-corrected chi connectivity index (χ3v) is 3.99. The maximum Gasteiger partial charge on any atom is 0.224 e. The molecule has 0 saturated carbocycles. The van der Waals surface area contributed by atoms with Gasteiger partial charge >= 0.3 is 0 Å². The molecule has 0 aliphatic rings. The largest absolute Gasteiger partial charge is 0.497 e. The third-order valence-electron chi connectivity index (χ3n) is 3.99. The van der Waals surface area contributed by atoms with Crippen LogP contribution in [0.5, 0.6) is 5.75 Å². The number of aromatic nitrogens is 2. The van der Waals surface area contributed by atoms with Crippen LogP contribution >= 0.6 is 0 Å². The SMILES string of the molecule is COc1ccc(Cc2cnc(NCCc3ccccc3)nc2N)cc1. The summed E-state index contributed by atoms with van der Waals surface area (Å²) in [5.41, 5.74) is 9.42. The second-order valence-electron chi connectivity index (χ2n) is 5.79. The maximum atomic E-state index is 6.09. The molecule has 3 N–H and O–H groups in total. The van der Waals surface area contributed by atoms with Gasteiger partial charge in [-0.3, -0.25) is 0 Å². The molecule has 1 heterocycles. The van der Waals surface area contributed by atoms with Gasteiger partial charge in [0, 0.05) is 24.7 Å². The van der Waals surface area contributed by atoms with Gasteiger partial charge in [0.25, 0.3) is 0 Å². The monoisotopic (exact) mass is 334 g/mol. The van der Waals surface area contributed by atoms with Gasteiger partial charge in [0.1, 0.15) is 11.6 Å². The highest BCUT2D eigenvalue weighted by atomic mass is 16.5. The van der Waals surface area contributed by atoms with Crippen LogP contribution in [0.3, 0.4) is 0 Å². The molecule has 0 spiro atoms. The summed E-state index contributed by atoms with van der Waals surface area (Å²) >= 11 is 0. The number of benzene rings is 2. The molecule has 0 unspecified atom stereocenters. The van der Waals surface area contributed by atoms with E-state index in [1.165, 1.54) is 5.56 Å². The Hall–Kier alpha value is -3.08. The molecular formula is C20H22N4O. The zero-order chi connectivity index (χ0) is 17.5. The van der Waals surface area contributed by atoms with Crippen LogP contribution in [0.25, 0.3) is 0 Å². The van der Waals surface area contributed by atoms with E-state index >= 15 is 0 Å². The lowest BCUT2D eigenvalue weighted by atomic mass is 10.1. The van der Waals surface area contributed by atoms with E-state index in [-0.39, 0.29) is 0 Å². The van der Waals surface area contributed by atoms with Crippen LogP contribution in [-0.2, 0) is 12.8 Å². The van der Waals surface area contributed by atoms with Crippen molar-refractivity contribution >= 4 is 11.8 Å². The van der Waals surface area contributed by atoms with Crippen molar-refractivity contribution in [1.29, 1.82) is 0 Å². The normalized spacial score (nSPS) is 10.4. The number of hydrogen-bond acceptors (Lipinski definition) is 5. The molecule has 0 radical (unpaired) electrons. The predicted octanol–water partition coefficient (Wildman–Crippen LogP) is 3.31. The number of nitrogen functional groups attached to an aromatic ring is 1. The average molecular weight is 334 g/mol. The predicted molar refractivity (Wildman–Crippen MR) is 101 cm³/mol. The summed E-state index contributed by atoms with van der Waals surface area (Å²) in [4.78, 5) is 8.74. The van der Waals surface area contributed by atoms with E-state index in [2.05, 4.69) is 27.4 Å². The lowest BCUT2D eigenvalue weighted by Gasteiger charge is -2.09. The Balaban J connectivity index is 1.58. The molecular weight excluding hydrogens is 312 g/mol. The summed E-state index contributed by atoms with van der Waals surface area (Å²) in [6.45, 7) is 0.765. The fourth-order valence-corrected chi connectivity index (χ4v) is 2.57. The molecule has 2 aromatic carbocycles. The zero-order valence-electron chi connectivity index (χ0n) is 14.3. The molecule has 1 aromatic heterocycles. The van der Waals surface area contributed by atoms with Gasteiger partial charge in [0.15, 0.2) is 0 Å². The van der Waals surface area contributed by atoms with Crippen molar-refractivity contribution in [3.05, 3.63) is 77.5 Å². The molecule has 0 aliphatic carbocycles. The summed E-state index contributed by atoms with van der Waals surface area (Å²) in [7, 11) is 1.66. The molecule has 25 heavy (non-hydrogen) atoms. The van der Waals surface area contributed by atoms with Crippen molar-refractivity contribution in [2.45, 2.75) is 12.8 Å². The minimum Gasteiger partial charge on any atom is -0.497 e. The summed E-state index contributed by atoms with van der Waals surface area (Å²) in [5, 5.41) is 3.22. The van der Waals surface area contributed by atoms with Crippen molar-refractivity contribution in [3.8, 4) is 5.75 Å². The number of hydrogen-bond donors (Lipinski definition) is 2. The molecule has 0 saturated heterocycles. The Bertz CT molecular complexity index is 804. The highest BCUT2D eigenvalue weighted by Gasteiger charge is 2.06. The van der Waals surface area contributed by atoms with Gasteiger partial charge in [-0.1, -0.05) is 42.5 Å². The number of nitrogens with zero attached hydrogens (tertiary/aromatic N) is 2. The van der Waals surface area contributed by atoms with Gasteiger partial charge in [-0.2, -0.15) is 4.98 Å². The van der Waals surface area contributed by atoms with Crippen molar-refractivity contribution in [2.24, 2.45) is 0 Å². The van der Waals surface area contributed by atoms with Crippen LogP contribution in [0, 0.1) is 0 Å². The Morgan fingerprint density at radius 2 is 1.76 bits per heavy atom. The lowest BCUT2D eigenvalue weighted by molar-refractivity contribution is 0.414. The quantitative estimate of drug-likeness (QED) is 0.693. The van der Waals surface area contributed by atoms with Crippen LogP contribution in [0.15, 0.2) is 60.8 Å². The number of rotatable bonds is 7. The Labute approximate surface area is 147 Å². The van der Waals surface area contributed by atoms with Crippen LogP contribution in [0.2, 0.25) is 0 Å². The average Bonchev–Trinajstić information content (AvgIpc) is 2.65. The van der Waals surface area contributed by atoms with E-state index in [1.54, 1.807) is 13.3 Å². The fraction of sp³-hybridized carbons (Fsp3) is 0.200. The Morgan fingerprint density at radius 3 is 2.44 bits per heavy atom. The first-order valence-electron chi connectivity index (χ1n) is 8.27. The topological polar surface area (TPSA) is 73.1 Å². The van der Waals surface area contributed by atoms with Gasteiger partial charge in [-0.15, -0.1) is 0 Å².